The van der Waals surface area contributed by atoms with Crippen molar-refractivity contribution in [1.29, 1.82) is 0 Å². The van der Waals surface area contributed by atoms with Gasteiger partial charge in [-0.15, -0.1) is 11.8 Å². The van der Waals surface area contributed by atoms with Crippen molar-refractivity contribution in [1.82, 2.24) is 0 Å². The molecule has 1 heterocycles. The number of rotatable bonds is 1. The van der Waals surface area contributed by atoms with E-state index in [0.717, 1.165) is 5.75 Å². The minimum absolute atomic E-state index is 0. The zero-order chi connectivity index (χ0) is 6.20. The van der Waals surface area contributed by atoms with Crippen LogP contribution in [-0.2, 0) is 10.1 Å². The maximum atomic E-state index is 10.0. The molecule has 0 aromatic heterocycles. The third-order valence-corrected chi connectivity index (χ3v) is 4.05. The zero-order valence-electron chi connectivity index (χ0n) is 5.03. The van der Waals surface area contributed by atoms with Gasteiger partial charge in [0.1, 0.15) is 10.1 Å². The standard InChI is InChI=1S/C3H6O3S2.Na/c4-8(5,6)3-1-2-7-3;/h3H,1-2H2,(H,4,5,6);/q;+1/p-1. The minimum atomic E-state index is -3.95. The first kappa shape index (κ1) is 10.3. The van der Waals surface area contributed by atoms with Gasteiger partial charge in [0.15, 0.2) is 0 Å². The predicted octanol–water partition coefficient (Wildman–Crippen LogP) is -3.00. The van der Waals surface area contributed by atoms with Crippen molar-refractivity contribution in [3.63, 3.8) is 0 Å². The van der Waals surface area contributed by atoms with Gasteiger partial charge in [0, 0.05) is 0 Å². The van der Waals surface area contributed by atoms with E-state index in [1.54, 1.807) is 0 Å². The molecule has 3 nitrogen and oxygen atoms in total. The SMILES string of the molecule is O=S(=O)([O-])C1CCS1.[Na+]. The van der Waals surface area contributed by atoms with Gasteiger partial charge in [0.2, 0.25) is 0 Å². The monoisotopic (exact) mass is 176 g/mol. The summed E-state index contributed by atoms with van der Waals surface area (Å²) in [7, 11) is -3.95. The van der Waals surface area contributed by atoms with Crippen LogP contribution in [0.4, 0.5) is 0 Å². The van der Waals surface area contributed by atoms with E-state index < -0.39 is 14.7 Å². The molecule has 0 radical (unpaired) electrons. The van der Waals surface area contributed by atoms with E-state index in [1.165, 1.54) is 11.8 Å². The predicted molar refractivity (Wildman–Crippen MR) is 30.6 cm³/mol. The molecule has 1 saturated heterocycles. The van der Waals surface area contributed by atoms with E-state index in [9.17, 15) is 13.0 Å². The summed E-state index contributed by atoms with van der Waals surface area (Å²) in [6.07, 6.45) is 0.538. The van der Waals surface area contributed by atoms with Crippen molar-refractivity contribution in [3.8, 4) is 0 Å². The minimum Gasteiger partial charge on any atom is -0.747 e. The molecule has 0 bridgehead atoms. The molecular formula is C3H5NaO3S2. The van der Waals surface area contributed by atoms with Gasteiger partial charge in [-0.25, -0.2) is 8.42 Å². The number of hydrogen-bond donors (Lipinski definition) is 0. The molecule has 0 N–H and O–H groups in total. The van der Waals surface area contributed by atoms with Gasteiger partial charge in [-0.3, -0.25) is 0 Å². The Morgan fingerprint density at radius 3 is 2.00 bits per heavy atom. The van der Waals surface area contributed by atoms with Crippen LogP contribution in [-0.4, -0.2) is 23.3 Å². The molecule has 48 valence electrons. The van der Waals surface area contributed by atoms with Crippen molar-refractivity contribution in [2.75, 3.05) is 5.75 Å². The van der Waals surface area contributed by atoms with E-state index in [-0.39, 0.29) is 29.6 Å². The average molecular weight is 176 g/mol. The molecule has 0 saturated carbocycles. The Morgan fingerprint density at radius 1 is 1.56 bits per heavy atom. The molecule has 1 atom stereocenters. The van der Waals surface area contributed by atoms with E-state index in [0.29, 0.717) is 6.42 Å². The smallest absolute Gasteiger partial charge is 0.747 e. The van der Waals surface area contributed by atoms with Crippen molar-refractivity contribution in [2.45, 2.75) is 11.0 Å². The molecule has 1 aliphatic rings. The summed E-state index contributed by atoms with van der Waals surface area (Å²) in [6, 6.07) is 0. The number of hydrogen-bond acceptors (Lipinski definition) is 4. The van der Waals surface area contributed by atoms with Crippen LogP contribution in [0.25, 0.3) is 0 Å². The second kappa shape index (κ2) is 3.59. The first-order valence-electron chi connectivity index (χ1n) is 2.17. The van der Waals surface area contributed by atoms with Crippen molar-refractivity contribution < 1.29 is 42.5 Å². The molecule has 0 aromatic carbocycles. The molecule has 6 heteroatoms. The molecule has 1 unspecified atom stereocenters. The quantitative estimate of drug-likeness (QED) is 0.315. The molecule has 1 aliphatic heterocycles. The van der Waals surface area contributed by atoms with E-state index in [4.69, 9.17) is 0 Å². The summed E-state index contributed by atoms with van der Waals surface area (Å²) >= 11 is 1.21. The molecular weight excluding hydrogens is 171 g/mol. The van der Waals surface area contributed by atoms with Gasteiger partial charge in [-0.2, -0.15) is 0 Å². The Labute approximate surface area is 80.6 Å². The van der Waals surface area contributed by atoms with Crippen LogP contribution in [0.1, 0.15) is 6.42 Å². The third-order valence-electron chi connectivity index (χ3n) is 0.979. The number of thioether (sulfide) groups is 1. The van der Waals surface area contributed by atoms with E-state index in [2.05, 4.69) is 0 Å². The summed E-state index contributed by atoms with van der Waals surface area (Å²) in [6.45, 7) is 0. The summed E-state index contributed by atoms with van der Waals surface area (Å²) in [4.78, 5) is 0. The van der Waals surface area contributed by atoms with Crippen molar-refractivity contribution in [3.05, 3.63) is 0 Å². The fourth-order valence-electron chi connectivity index (χ4n) is 0.442. The first-order chi connectivity index (χ1) is 3.61. The van der Waals surface area contributed by atoms with Gasteiger partial charge in [-0.05, 0) is 12.2 Å². The topological polar surface area (TPSA) is 57.2 Å². The second-order valence-electron chi connectivity index (χ2n) is 1.58. The normalized spacial score (nSPS) is 26.1. The van der Waals surface area contributed by atoms with E-state index in [1.807, 2.05) is 0 Å². The van der Waals surface area contributed by atoms with Crippen LogP contribution in [0.3, 0.4) is 0 Å². The third kappa shape index (κ3) is 2.78. The molecule has 0 spiro atoms. The zero-order valence-corrected chi connectivity index (χ0v) is 8.67. The van der Waals surface area contributed by atoms with Gasteiger partial charge in [-0.1, -0.05) is 0 Å². The summed E-state index contributed by atoms with van der Waals surface area (Å²) in [5.41, 5.74) is 0. The molecule has 1 rings (SSSR count). The first-order valence-corrected chi connectivity index (χ1v) is 4.69. The van der Waals surface area contributed by atoms with Crippen LogP contribution < -0.4 is 29.6 Å². The van der Waals surface area contributed by atoms with Crippen LogP contribution in [0, 0.1) is 0 Å². The fourth-order valence-corrected chi connectivity index (χ4v) is 2.40. The Hall–Kier alpha value is 1.26. The van der Waals surface area contributed by atoms with Crippen molar-refractivity contribution >= 4 is 21.9 Å². The molecule has 0 aromatic rings. The van der Waals surface area contributed by atoms with Crippen LogP contribution in [0.15, 0.2) is 0 Å². The van der Waals surface area contributed by atoms with Crippen molar-refractivity contribution in [2.24, 2.45) is 0 Å². The second-order valence-corrected chi connectivity index (χ2v) is 4.75. The Balaban J connectivity index is 0.000000640. The summed E-state index contributed by atoms with van der Waals surface area (Å²) in [5, 5.41) is 0. The average Bonchev–Trinajstić information content (AvgIpc) is 1.16. The summed E-state index contributed by atoms with van der Waals surface area (Å²) < 4.78 is 29.5. The maximum Gasteiger partial charge on any atom is 1.00 e. The molecule has 1 fully saturated rings. The molecule has 9 heavy (non-hydrogen) atoms. The fraction of sp³-hybridized carbons (Fsp3) is 1.00. The largest absolute Gasteiger partial charge is 1.00 e. The van der Waals surface area contributed by atoms with Crippen LogP contribution in [0.5, 0.6) is 0 Å². The van der Waals surface area contributed by atoms with Gasteiger partial charge in [0.25, 0.3) is 0 Å². The maximum absolute atomic E-state index is 10.0. The molecule has 0 aliphatic carbocycles. The Bertz CT molecular complexity index is 171. The Morgan fingerprint density at radius 2 is 2.00 bits per heavy atom. The van der Waals surface area contributed by atoms with Crippen LogP contribution in [0.2, 0.25) is 0 Å². The summed E-state index contributed by atoms with van der Waals surface area (Å²) in [5.74, 6) is 0.812. The van der Waals surface area contributed by atoms with E-state index >= 15 is 0 Å². The van der Waals surface area contributed by atoms with Crippen LogP contribution >= 0.6 is 11.8 Å². The van der Waals surface area contributed by atoms with Gasteiger partial charge in [0.05, 0.1) is 4.58 Å². The Kier molecular flexibility index (Phi) is 4.10. The molecule has 0 amide bonds. The van der Waals surface area contributed by atoms with Gasteiger partial charge >= 0.3 is 29.6 Å². The van der Waals surface area contributed by atoms with Gasteiger partial charge < -0.3 is 4.55 Å².